The van der Waals surface area contributed by atoms with Crippen LogP contribution in [0.3, 0.4) is 0 Å². The molecule has 1 amide bonds. The molecule has 126 valence electrons. The molecule has 0 aromatic heterocycles. The summed E-state index contributed by atoms with van der Waals surface area (Å²) in [6, 6.07) is 16.2. The van der Waals surface area contributed by atoms with Crippen molar-refractivity contribution < 1.29 is 4.79 Å². The minimum atomic E-state index is -0.331. The van der Waals surface area contributed by atoms with Gasteiger partial charge in [0.25, 0.3) is 0 Å². The second kappa shape index (κ2) is 8.45. The quantitative estimate of drug-likeness (QED) is 0.791. The summed E-state index contributed by atoms with van der Waals surface area (Å²) in [6.07, 6.45) is 0.265. The number of nitrogens with zero attached hydrogens (tertiary/aromatic N) is 1. The molecule has 3 N–H and O–H groups in total. The smallest absolute Gasteiger partial charge is 0.219 e. The van der Waals surface area contributed by atoms with E-state index in [1.807, 2.05) is 54.3 Å². The molecule has 0 radical (unpaired) electrons. The standard InChI is InChI=1S/C19H23N3OS/c1-14-8-9-17(15(2)12-14)21-19(24)22(11-10-18(20)23)13-16-6-4-3-5-7-16/h3-9,12H,10-11,13H2,1-2H3,(H2,20,23)(H,21,24). The van der Waals surface area contributed by atoms with Crippen LogP contribution in [0.2, 0.25) is 0 Å². The molecule has 0 aliphatic rings. The van der Waals surface area contributed by atoms with Gasteiger partial charge in [-0.2, -0.15) is 0 Å². The Hall–Kier alpha value is -2.40. The Morgan fingerprint density at radius 3 is 2.50 bits per heavy atom. The summed E-state index contributed by atoms with van der Waals surface area (Å²) in [5.41, 5.74) is 9.74. The summed E-state index contributed by atoms with van der Waals surface area (Å²) in [5.74, 6) is -0.331. The minimum Gasteiger partial charge on any atom is -0.370 e. The van der Waals surface area contributed by atoms with Gasteiger partial charge < -0.3 is 16.0 Å². The van der Waals surface area contributed by atoms with Crippen LogP contribution in [0.15, 0.2) is 48.5 Å². The first-order chi connectivity index (χ1) is 11.5. The molecule has 0 fully saturated rings. The van der Waals surface area contributed by atoms with Gasteiger partial charge in [-0.1, -0.05) is 48.0 Å². The molecule has 2 rings (SSSR count). The van der Waals surface area contributed by atoms with Crippen molar-refractivity contribution in [1.82, 2.24) is 4.90 Å². The van der Waals surface area contributed by atoms with Gasteiger partial charge in [0.15, 0.2) is 5.11 Å². The van der Waals surface area contributed by atoms with Crippen LogP contribution in [0.4, 0.5) is 5.69 Å². The zero-order valence-corrected chi connectivity index (χ0v) is 14.9. The minimum absolute atomic E-state index is 0.265. The van der Waals surface area contributed by atoms with Gasteiger partial charge in [-0.3, -0.25) is 4.79 Å². The summed E-state index contributed by atoms with van der Waals surface area (Å²) in [4.78, 5) is 13.1. The van der Waals surface area contributed by atoms with E-state index in [-0.39, 0.29) is 12.3 Å². The topological polar surface area (TPSA) is 58.4 Å². The van der Waals surface area contributed by atoms with Crippen molar-refractivity contribution in [2.24, 2.45) is 5.73 Å². The fraction of sp³-hybridized carbons (Fsp3) is 0.263. The number of hydrogen-bond acceptors (Lipinski definition) is 2. The molecule has 0 saturated carbocycles. The van der Waals surface area contributed by atoms with Crippen molar-refractivity contribution in [3.05, 3.63) is 65.2 Å². The van der Waals surface area contributed by atoms with Crippen molar-refractivity contribution in [3.63, 3.8) is 0 Å². The lowest BCUT2D eigenvalue weighted by Crippen LogP contribution is -2.36. The van der Waals surface area contributed by atoms with Crippen molar-refractivity contribution in [1.29, 1.82) is 0 Å². The third-order valence-corrected chi connectivity index (χ3v) is 4.12. The summed E-state index contributed by atoms with van der Waals surface area (Å²) in [6.45, 7) is 5.22. The van der Waals surface area contributed by atoms with E-state index in [9.17, 15) is 4.79 Å². The van der Waals surface area contributed by atoms with Gasteiger partial charge in [0.1, 0.15) is 0 Å². The van der Waals surface area contributed by atoms with Crippen LogP contribution in [0, 0.1) is 13.8 Å². The van der Waals surface area contributed by atoms with Crippen molar-refractivity contribution in [3.8, 4) is 0 Å². The monoisotopic (exact) mass is 341 g/mol. The lowest BCUT2D eigenvalue weighted by Gasteiger charge is -2.26. The van der Waals surface area contributed by atoms with Crippen molar-refractivity contribution >= 4 is 28.9 Å². The van der Waals surface area contributed by atoms with Gasteiger partial charge in [-0.05, 0) is 43.3 Å². The molecular formula is C19H23N3OS. The van der Waals surface area contributed by atoms with Gasteiger partial charge in [-0.15, -0.1) is 0 Å². The predicted octanol–water partition coefficient (Wildman–Crippen LogP) is 3.38. The first-order valence-corrected chi connectivity index (χ1v) is 8.32. The molecule has 4 nitrogen and oxygen atoms in total. The maximum atomic E-state index is 11.2. The van der Waals surface area contributed by atoms with Gasteiger partial charge in [0.05, 0.1) is 0 Å². The van der Waals surface area contributed by atoms with Crippen LogP contribution in [-0.4, -0.2) is 22.5 Å². The fourth-order valence-corrected chi connectivity index (χ4v) is 2.72. The molecule has 2 aromatic carbocycles. The van der Waals surface area contributed by atoms with Gasteiger partial charge in [0, 0.05) is 25.2 Å². The Morgan fingerprint density at radius 2 is 1.88 bits per heavy atom. The summed E-state index contributed by atoms with van der Waals surface area (Å²) in [5, 5.41) is 3.88. The van der Waals surface area contributed by atoms with E-state index in [1.54, 1.807) is 0 Å². The number of benzene rings is 2. The zero-order valence-electron chi connectivity index (χ0n) is 14.1. The molecule has 0 atom stereocenters. The average molecular weight is 341 g/mol. The molecule has 5 heteroatoms. The first kappa shape index (κ1) is 17.9. The molecule has 0 bridgehead atoms. The number of hydrogen-bond donors (Lipinski definition) is 2. The Labute approximate surface area is 148 Å². The highest BCUT2D eigenvalue weighted by atomic mass is 32.1. The Morgan fingerprint density at radius 1 is 1.17 bits per heavy atom. The summed E-state index contributed by atoms with van der Waals surface area (Å²) >= 11 is 5.56. The Kier molecular flexibility index (Phi) is 6.32. The van der Waals surface area contributed by atoms with Crippen LogP contribution < -0.4 is 11.1 Å². The highest BCUT2D eigenvalue weighted by molar-refractivity contribution is 7.80. The van der Waals surface area contributed by atoms with E-state index >= 15 is 0 Å². The predicted molar refractivity (Wildman–Crippen MR) is 103 cm³/mol. The number of carbonyl (C=O) groups is 1. The number of thiocarbonyl (C=S) groups is 1. The van der Waals surface area contributed by atoms with E-state index in [0.29, 0.717) is 18.2 Å². The lowest BCUT2D eigenvalue weighted by atomic mass is 10.1. The number of primary amides is 1. The molecule has 0 unspecified atom stereocenters. The van der Waals surface area contributed by atoms with E-state index in [1.165, 1.54) is 5.56 Å². The second-order valence-corrected chi connectivity index (χ2v) is 6.26. The van der Waals surface area contributed by atoms with E-state index in [2.05, 4.69) is 18.3 Å². The van der Waals surface area contributed by atoms with Crippen molar-refractivity contribution in [2.75, 3.05) is 11.9 Å². The number of nitrogens with one attached hydrogen (secondary N) is 1. The summed E-state index contributed by atoms with van der Waals surface area (Å²) in [7, 11) is 0. The SMILES string of the molecule is Cc1ccc(NC(=S)N(CCC(N)=O)Cc2ccccc2)c(C)c1. The van der Waals surface area contributed by atoms with Gasteiger partial charge in [0.2, 0.25) is 5.91 Å². The number of nitrogens with two attached hydrogens (primary N) is 1. The highest BCUT2D eigenvalue weighted by Gasteiger charge is 2.12. The normalized spacial score (nSPS) is 10.2. The zero-order chi connectivity index (χ0) is 17.5. The van der Waals surface area contributed by atoms with E-state index in [4.69, 9.17) is 18.0 Å². The van der Waals surface area contributed by atoms with Crippen LogP contribution in [0.25, 0.3) is 0 Å². The van der Waals surface area contributed by atoms with E-state index in [0.717, 1.165) is 16.8 Å². The molecule has 24 heavy (non-hydrogen) atoms. The molecule has 0 aliphatic heterocycles. The molecular weight excluding hydrogens is 318 g/mol. The number of aryl methyl sites for hydroxylation is 2. The molecule has 2 aromatic rings. The lowest BCUT2D eigenvalue weighted by molar-refractivity contribution is -0.118. The highest BCUT2D eigenvalue weighted by Crippen LogP contribution is 2.17. The van der Waals surface area contributed by atoms with Gasteiger partial charge in [-0.25, -0.2) is 0 Å². The summed E-state index contributed by atoms with van der Waals surface area (Å²) < 4.78 is 0. The third-order valence-electron chi connectivity index (χ3n) is 3.76. The number of anilines is 1. The van der Waals surface area contributed by atoms with Crippen LogP contribution in [0.5, 0.6) is 0 Å². The largest absolute Gasteiger partial charge is 0.370 e. The fourth-order valence-electron chi connectivity index (χ4n) is 2.45. The van der Waals surface area contributed by atoms with Crippen LogP contribution in [-0.2, 0) is 11.3 Å². The van der Waals surface area contributed by atoms with Crippen molar-refractivity contribution in [2.45, 2.75) is 26.8 Å². The van der Waals surface area contributed by atoms with E-state index < -0.39 is 0 Å². The van der Waals surface area contributed by atoms with Crippen LogP contribution in [0.1, 0.15) is 23.1 Å². The second-order valence-electron chi connectivity index (χ2n) is 5.87. The van der Waals surface area contributed by atoms with Crippen LogP contribution >= 0.6 is 12.2 Å². The molecule has 0 heterocycles. The molecule has 0 aliphatic carbocycles. The number of carbonyl (C=O) groups excluding carboxylic acids is 1. The third kappa shape index (κ3) is 5.35. The molecule has 0 spiro atoms. The first-order valence-electron chi connectivity index (χ1n) is 7.91. The molecule has 0 saturated heterocycles. The maximum Gasteiger partial charge on any atom is 0.219 e. The maximum absolute atomic E-state index is 11.2. The average Bonchev–Trinajstić information content (AvgIpc) is 2.54. The number of rotatable bonds is 6. The van der Waals surface area contributed by atoms with Gasteiger partial charge >= 0.3 is 0 Å². The Balaban J connectivity index is 2.12. The Bertz CT molecular complexity index is 716. The number of amides is 1.